The Morgan fingerprint density at radius 3 is 2.75 bits per heavy atom. The fourth-order valence-corrected chi connectivity index (χ4v) is 5.51. The molecule has 3 aromatic heterocycles. The van der Waals surface area contributed by atoms with Gasteiger partial charge in [-0.2, -0.15) is 0 Å². The van der Waals surface area contributed by atoms with Crippen molar-refractivity contribution in [3.05, 3.63) is 100 Å². The highest BCUT2D eigenvalue weighted by atomic mass is 16.2. The van der Waals surface area contributed by atoms with Gasteiger partial charge >= 0.3 is 0 Å². The minimum atomic E-state index is -0.0245. The molecule has 0 unspecified atom stereocenters. The lowest BCUT2D eigenvalue weighted by atomic mass is 9.76. The highest BCUT2D eigenvalue weighted by Gasteiger charge is 2.42. The van der Waals surface area contributed by atoms with Gasteiger partial charge in [-0.15, -0.1) is 10.2 Å². The Labute approximate surface area is 184 Å². The standard InChI is InChI=1S/C25H23N5O2/c31-23-10-4-9-21-18-13-19(22(30(21)23)12-17-6-2-1-3-7-17)15-29(14-18)25(32)20-8-5-11-28-16-26-27-24(20)28/h1-11,16,18-19,22H,12-15H2/t18-,19+,22+/m1/s1. The molecular weight excluding hydrogens is 402 g/mol. The van der Waals surface area contributed by atoms with Crippen LogP contribution >= 0.6 is 0 Å². The van der Waals surface area contributed by atoms with Crippen molar-refractivity contribution in [3.8, 4) is 0 Å². The predicted molar refractivity (Wildman–Crippen MR) is 120 cm³/mol. The summed E-state index contributed by atoms with van der Waals surface area (Å²) in [5.74, 6) is 0.336. The number of piperidine rings is 1. The Bertz CT molecular complexity index is 1360. The summed E-state index contributed by atoms with van der Waals surface area (Å²) in [4.78, 5) is 28.4. The Morgan fingerprint density at radius 2 is 1.88 bits per heavy atom. The molecule has 0 N–H and O–H groups in total. The maximum atomic E-state index is 13.6. The molecule has 2 aliphatic heterocycles. The van der Waals surface area contributed by atoms with Crippen molar-refractivity contribution in [1.29, 1.82) is 0 Å². The lowest BCUT2D eigenvalue weighted by Gasteiger charge is -2.47. The fourth-order valence-electron chi connectivity index (χ4n) is 5.51. The average molecular weight is 425 g/mol. The van der Waals surface area contributed by atoms with E-state index in [4.69, 9.17) is 0 Å². The van der Waals surface area contributed by atoms with E-state index in [0.29, 0.717) is 24.3 Å². The molecule has 32 heavy (non-hydrogen) atoms. The molecule has 6 rings (SSSR count). The van der Waals surface area contributed by atoms with Crippen molar-refractivity contribution in [3.63, 3.8) is 0 Å². The Balaban J connectivity index is 1.39. The number of likely N-dealkylation sites (tertiary alicyclic amines) is 1. The monoisotopic (exact) mass is 425 g/mol. The molecule has 0 saturated carbocycles. The van der Waals surface area contributed by atoms with Crippen LogP contribution in [-0.4, -0.2) is 43.1 Å². The maximum absolute atomic E-state index is 13.6. The van der Waals surface area contributed by atoms with Gasteiger partial charge in [0, 0.05) is 43.0 Å². The Morgan fingerprint density at radius 1 is 1.00 bits per heavy atom. The summed E-state index contributed by atoms with van der Waals surface area (Å²) in [6.07, 6.45) is 5.21. The van der Waals surface area contributed by atoms with Gasteiger partial charge in [-0.1, -0.05) is 36.4 Å². The van der Waals surface area contributed by atoms with Crippen molar-refractivity contribution >= 4 is 11.6 Å². The summed E-state index contributed by atoms with van der Waals surface area (Å²) >= 11 is 0. The van der Waals surface area contributed by atoms with Crippen LogP contribution in [0.2, 0.25) is 0 Å². The molecule has 7 nitrogen and oxygen atoms in total. The number of carbonyl (C=O) groups excluding carboxylic acids is 1. The molecule has 2 aliphatic rings. The van der Waals surface area contributed by atoms with Crippen LogP contribution in [0.3, 0.4) is 0 Å². The number of nitrogens with zero attached hydrogens (tertiary/aromatic N) is 5. The normalized spacial score (nSPS) is 22.0. The topological polar surface area (TPSA) is 72.5 Å². The zero-order valence-corrected chi connectivity index (χ0v) is 17.5. The van der Waals surface area contributed by atoms with Crippen LogP contribution in [0.4, 0.5) is 0 Å². The van der Waals surface area contributed by atoms with E-state index in [1.807, 2.05) is 58.1 Å². The van der Waals surface area contributed by atoms with Crippen LogP contribution in [0.5, 0.6) is 0 Å². The zero-order valence-electron chi connectivity index (χ0n) is 17.5. The fraction of sp³-hybridized carbons (Fsp3) is 0.280. The largest absolute Gasteiger partial charge is 0.338 e. The number of carbonyl (C=O) groups is 1. The second-order valence-corrected chi connectivity index (χ2v) is 8.80. The average Bonchev–Trinajstić information content (AvgIpc) is 3.31. The highest BCUT2D eigenvalue weighted by Crippen LogP contribution is 2.42. The molecular formula is C25H23N5O2. The van der Waals surface area contributed by atoms with E-state index in [-0.39, 0.29) is 29.3 Å². The molecule has 160 valence electrons. The second kappa shape index (κ2) is 7.44. The summed E-state index contributed by atoms with van der Waals surface area (Å²) in [5, 5.41) is 8.09. The number of benzene rings is 1. The van der Waals surface area contributed by atoms with Gasteiger partial charge in [-0.3, -0.25) is 14.0 Å². The number of hydrogen-bond acceptors (Lipinski definition) is 4. The van der Waals surface area contributed by atoms with Crippen LogP contribution < -0.4 is 5.56 Å². The van der Waals surface area contributed by atoms with Crippen LogP contribution in [0.15, 0.2) is 78.0 Å². The number of rotatable bonds is 3. The van der Waals surface area contributed by atoms with Crippen molar-refractivity contribution in [2.45, 2.75) is 24.8 Å². The van der Waals surface area contributed by atoms with E-state index in [2.05, 4.69) is 22.3 Å². The van der Waals surface area contributed by atoms with Gasteiger partial charge in [0.25, 0.3) is 11.5 Å². The number of pyridine rings is 2. The molecule has 0 aliphatic carbocycles. The molecule has 3 atom stereocenters. The van der Waals surface area contributed by atoms with Crippen molar-refractivity contribution in [2.24, 2.45) is 5.92 Å². The minimum absolute atomic E-state index is 0.0245. The molecule has 4 aromatic rings. The minimum Gasteiger partial charge on any atom is -0.338 e. The summed E-state index contributed by atoms with van der Waals surface area (Å²) in [6, 6.07) is 19.5. The quantitative estimate of drug-likeness (QED) is 0.506. The first kappa shape index (κ1) is 19.0. The molecule has 1 amide bonds. The van der Waals surface area contributed by atoms with E-state index in [1.54, 1.807) is 16.8 Å². The van der Waals surface area contributed by atoms with Crippen LogP contribution in [-0.2, 0) is 6.42 Å². The lowest BCUT2D eigenvalue weighted by molar-refractivity contribution is 0.0530. The van der Waals surface area contributed by atoms with Crippen molar-refractivity contribution in [2.75, 3.05) is 13.1 Å². The Hall–Kier alpha value is -3.74. The molecule has 1 aromatic carbocycles. The molecule has 0 spiro atoms. The van der Waals surface area contributed by atoms with E-state index in [0.717, 1.165) is 18.5 Å². The molecule has 7 heteroatoms. The summed E-state index contributed by atoms with van der Waals surface area (Å²) in [6.45, 7) is 1.23. The molecule has 1 fully saturated rings. The van der Waals surface area contributed by atoms with E-state index >= 15 is 0 Å². The van der Waals surface area contributed by atoms with Crippen molar-refractivity contribution < 1.29 is 4.79 Å². The number of amides is 1. The first-order valence-electron chi connectivity index (χ1n) is 11.0. The lowest BCUT2D eigenvalue weighted by Crippen LogP contribution is -2.51. The number of hydrogen-bond donors (Lipinski definition) is 0. The molecule has 0 radical (unpaired) electrons. The highest BCUT2D eigenvalue weighted by molar-refractivity contribution is 5.99. The summed E-state index contributed by atoms with van der Waals surface area (Å²) in [5.41, 5.74) is 3.43. The van der Waals surface area contributed by atoms with E-state index in [1.165, 1.54) is 5.56 Å². The predicted octanol–water partition coefficient (Wildman–Crippen LogP) is 2.93. The van der Waals surface area contributed by atoms with Gasteiger partial charge in [-0.05, 0) is 42.5 Å². The van der Waals surface area contributed by atoms with Gasteiger partial charge in [0.2, 0.25) is 0 Å². The van der Waals surface area contributed by atoms with Gasteiger partial charge in [-0.25, -0.2) is 0 Å². The first-order valence-corrected chi connectivity index (χ1v) is 11.0. The number of aromatic nitrogens is 4. The van der Waals surface area contributed by atoms with Crippen LogP contribution in [0, 0.1) is 5.92 Å². The van der Waals surface area contributed by atoms with Crippen LogP contribution in [0.25, 0.3) is 5.65 Å². The first-order chi connectivity index (χ1) is 15.7. The summed E-state index contributed by atoms with van der Waals surface area (Å²) in [7, 11) is 0. The second-order valence-electron chi connectivity index (χ2n) is 8.80. The van der Waals surface area contributed by atoms with Crippen LogP contribution in [0.1, 0.15) is 40.0 Å². The van der Waals surface area contributed by atoms with Gasteiger partial charge in [0.05, 0.1) is 5.56 Å². The van der Waals surface area contributed by atoms with Gasteiger partial charge in [0.15, 0.2) is 5.65 Å². The van der Waals surface area contributed by atoms with Gasteiger partial charge < -0.3 is 9.47 Å². The summed E-state index contributed by atoms with van der Waals surface area (Å²) < 4.78 is 3.76. The van der Waals surface area contributed by atoms with Crippen molar-refractivity contribution in [1.82, 2.24) is 24.1 Å². The molecule has 2 bridgehead atoms. The third-order valence-electron chi connectivity index (χ3n) is 6.93. The third-order valence-corrected chi connectivity index (χ3v) is 6.93. The van der Waals surface area contributed by atoms with E-state index < -0.39 is 0 Å². The third kappa shape index (κ3) is 3.04. The Kier molecular flexibility index (Phi) is 4.41. The van der Waals surface area contributed by atoms with E-state index in [9.17, 15) is 9.59 Å². The molecule has 5 heterocycles. The maximum Gasteiger partial charge on any atom is 0.257 e. The number of fused-ring (bicyclic) bond motifs is 5. The SMILES string of the molecule is O=C(c1cccn2cnnc12)N1C[C@H]2C[C@@H](C1)[C@H](Cc1ccccc1)n1c2cccc1=O. The van der Waals surface area contributed by atoms with Gasteiger partial charge in [0.1, 0.15) is 6.33 Å². The smallest absolute Gasteiger partial charge is 0.257 e. The molecule has 1 saturated heterocycles. The zero-order chi connectivity index (χ0) is 21.7.